The van der Waals surface area contributed by atoms with Crippen molar-refractivity contribution >= 4 is 15.7 Å². The Morgan fingerprint density at radius 1 is 1.44 bits per heavy atom. The molecule has 0 aliphatic heterocycles. The number of anilines is 1. The highest BCUT2D eigenvalue weighted by molar-refractivity contribution is 7.89. The lowest BCUT2D eigenvalue weighted by molar-refractivity contribution is 0.414. The number of ether oxygens (including phenoxy) is 1. The molecule has 0 spiro atoms. The first-order valence-electron chi connectivity index (χ1n) is 5.90. The van der Waals surface area contributed by atoms with Crippen LogP contribution in [0.5, 0.6) is 5.75 Å². The van der Waals surface area contributed by atoms with Crippen molar-refractivity contribution in [1.82, 2.24) is 4.72 Å². The largest absolute Gasteiger partial charge is 0.497 e. The second-order valence-corrected chi connectivity index (χ2v) is 6.33. The van der Waals surface area contributed by atoms with E-state index in [1.165, 1.54) is 19.2 Å². The van der Waals surface area contributed by atoms with Crippen molar-refractivity contribution < 1.29 is 13.2 Å². The van der Waals surface area contributed by atoms with Crippen molar-refractivity contribution in [2.75, 3.05) is 12.8 Å². The van der Waals surface area contributed by atoms with Crippen LogP contribution in [-0.4, -0.2) is 21.6 Å². The van der Waals surface area contributed by atoms with Gasteiger partial charge in [0.1, 0.15) is 10.6 Å². The van der Waals surface area contributed by atoms with Gasteiger partial charge in [0.2, 0.25) is 10.0 Å². The predicted molar refractivity (Wildman–Crippen MR) is 69.9 cm³/mol. The zero-order valence-electron chi connectivity index (χ0n) is 10.5. The van der Waals surface area contributed by atoms with E-state index in [0.29, 0.717) is 11.7 Å². The lowest BCUT2D eigenvalue weighted by Crippen LogP contribution is -2.34. The van der Waals surface area contributed by atoms with Crippen LogP contribution in [0, 0.1) is 5.92 Å². The van der Waals surface area contributed by atoms with Gasteiger partial charge in [-0.25, -0.2) is 13.1 Å². The molecule has 1 saturated carbocycles. The van der Waals surface area contributed by atoms with Crippen molar-refractivity contribution in [1.29, 1.82) is 0 Å². The Balaban J connectivity index is 2.23. The fourth-order valence-corrected chi connectivity index (χ4v) is 3.32. The highest BCUT2D eigenvalue weighted by Crippen LogP contribution is 2.33. The van der Waals surface area contributed by atoms with Gasteiger partial charge >= 0.3 is 0 Å². The SMILES string of the molecule is COc1ccc(S(=O)(=O)NC(C)C2CC2)c(N)c1. The van der Waals surface area contributed by atoms with Gasteiger partial charge in [0.05, 0.1) is 12.8 Å². The summed E-state index contributed by atoms with van der Waals surface area (Å²) in [5.41, 5.74) is 5.95. The molecule has 0 bridgehead atoms. The van der Waals surface area contributed by atoms with E-state index < -0.39 is 10.0 Å². The van der Waals surface area contributed by atoms with Gasteiger partial charge in [0.25, 0.3) is 0 Å². The van der Waals surface area contributed by atoms with Gasteiger partial charge in [-0.2, -0.15) is 0 Å². The van der Waals surface area contributed by atoms with Crippen LogP contribution in [0.25, 0.3) is 0 Å². The molecule has 5 nitrogen and oxygen atoms in total. The molecular formula is C12H18N2O3S. The Hall–Kier alpha value is -1.27. The standard InChI is InChI=1S/C12H18N2O3S/c1-8(9-3-4-9)14-18(15,16)12-6-5-10(17-2)7-11(12)13/h5-9,14H,3-4,13H2,1-2H3. The molecule has 0 saturated heterocycles. The fourth-order valence-electron chi connectivity index (χ4n) is 1.90. The monoisotopic (exact) mass is 270 g/mol. The zero-order valence-corrected chi connectivity index (χ0v) is 11.3. The molecule has 18 heavy (non-hydrogen) atoms. The van der Waals surface area contributed by atoms with E-state index in [4.69, 9.17) is 10.5 Å². The Morgan fingerprint density at radius 2 is 2.11 bits per heavy atom. The Morgan fingerprint density at radius 3 is 2.61 bits per heavy atom. The maximum Gasteiger partial charge on any atom is 0.242 e. The van der Waals surface area contributed by atoms with Crippen molar-refractivity contribution in [2.45, 2.75) is 30.7 Å². The van der Waals surface area contributed by atoms with Crippen LogP contribution in [0.1, 0.15) is 19.8 Å². The van der Waals surface area contributed by atoms with Crippen molar-refractivity contribution in [3.05, 3.63) is 18.2 Å². The minimum atomic E-state index is -3.55. The summed E-state index contributed by atoms with van der Waals surface area (Å²) in [4.78, 5) is 0.107. The van der Waals surface area contributed by atoms with Crippen LogP contribution >= 0.6 is 0 Å². The zero-order chi connectivity index (χ0) is 13.3. The molecule has 3 N–H and O–H groups in total. The van der Waals surface area contributed by atoms with Crippen LogP contribution < -0.4 is 15.2 Å². The minimum Gasteiger partial charge on any atom is -0.497 e. The van der Waals surface area contributed by atoms with E-state index in [9.17, 15) is 8.42 Å². The molecule has 1 aliphatic carbocycles. The summed E-state index contributed by atoms with van der Waals surface area (Å²) in [5, 5.41) is 0. The Bertz CT molecular complexity index is 538. The number of methoxy groups -OCH3 is 1. The Kier molecular flexibility index (Phi) is 3.49. The highest BCUT2D eigenvalue weighted by Gasteiger charge is 2.31. The lowest BCUT2D eigenvalue weighted by Gasteiger charge is -2.15. The summed E-state index contributed by atoms with van der Waals surface area (Å²) in [6, 6.07) is 4.52. The van der Waals surface area contributed by atoms with Crippen LogP contribution in [-0.2, 0) is 10.0 Å². The first kappa shape index (κ1) is 13.2. The van der Waals surface area contributed by atoms with Crippen LogP contribution in [0.3, 0.4) is 0 Å². The van der Waals surface area contributed by atoms with Gasteiger partial charge in [0, 0.05) is 12.1 Å². The molecule has 2 rings (SSSR count). The third-order valence-electron chi connectivity index (χ3n) is 3.18. The highest BCUT2D eigenvalue weighted by atomic mass is 32.2. The summed E-state index contributed by atoms with van der Waals surface area (Å²) in [6.07, 6.45) is 2.17. The second-order valence-electron chi connectivity index (χ2n) is 4.65. The third-order valence-corrected chi connectivity index (χ3v) is 4.81. The van der Waals surface area contributed by atoms with Gasteiger partial charge in [-0.05, 0) is 37.8 Å². The number of nitrogens with one attached hydrogen (secondary N) is 1. The maximum absolute atomic E-state index is 12.2. The van der Waals surface area contributed by atoms with Gasteiger partial charge in [-0.1, -0.05) is 0 Å². The number of nitrogens with two attached hydrogens (primary N) is 1. The number of rotatable bonds is 5. The molecule has 0 amide bonds. The summed E-state index contributed by atoms with van der Waals surface area (Å²) in [5.74, 6) is 1.00. The van der Waals surface area contributed by atoms with Gasteiger partial charge in [-0.3, -0.25) is 0 Å². The number of benzene rings is 1. The van der Waals surface area contributed by atoms with Crippen LogP contribution in [0.15, 0.2) is 23.1 Å². The maximum atomic E-state index is 12.2. The van der Waals surface area contributed by atoms with Crippen molar-refractivity contribution in [3.8, 4) is 5.75 Å². The molecule has 1 unspecified atom stereocenters. The molecule has 1 fully saturated rings. The molecule has 1 aromatic carbocycles. The molecule has 6 heteroatoms. The molecular weight excluding hydrogens is 252 g/mol. The average molecular weight is 270 g/mol. The normalized spacial score (nSPS) is 17.4. The quantitative estimate of drug-likeness (QED) is 0.791. The molecule has 1 aromatic rings. The van der Waals surface area contributed by atoms with Gasteiger partial charge < -0.3 is 10.5 Å². The number of hydrogen-bond donors (Lipinski definition) is 2. The van der Waals surface area contributed by atoms with Gasteiger partial charge in [-0.15, -0.1) is 0 Å². The number of nitrogen functional groups attached to an aromatic ring is 1. The first-order chi connectivity index (χ1) is 8.44. The summed E-state index contributed by atoms with van der Waals surface area (Å²) in [7, 11) is -2.04. The molecule has 0 aromatic heterocycles. The molecule has 1 aliphatic rings. The lowest BCUT2D eigenvalue weighted by atomic mass is 10.2. The predicted octanol–water partition coefficient (Wildman–Crippen LogP) is 1.35. The van der Waals surface area contributed by atoms with E-state index in [2.05, 4.69) is 4.72 Å². The second kappa shape index (κ2) is 4.78. The minimum absolute atomic E-state index is 0.0449. The van der Waals surface area contributed by atoms with Crippen molar-refractivity contribution in [3.63, 3.8) is 0 Å². The van der Waals surface area contributed by atoms with Gasteiger partial charge in [0.15, 0.2) is 0 Å². The number of sulfonamides is 1. The molecule has 0 radical (unpaired) electrons. The van der Waals surface area contributed by atoms with E-state index >= 15 is 0 Å². The topological polar surface area (TPSA) is 81.4 Å². The molecule has 0 heterocycles. The van der Waals surface area contributed by atoms with E-state index in [-0.39, 0.29) is 16.6 Å². The Labute approximate surface area is 107 Å². The summed E-state index contributed by atoms with van der Waals surface area (Å²) >= 11 is 0. The molecule has 1 atom stereocenters. The van der Waals surface area contributed by atoms with E-state index in [0.717, 1.165) is 12.8 Å². The third kappa shape index (κ3) is 2.76. The summed E-state index contributed by atoms with van der Waals surface area (Å²) < 4.78 is 32.0. The van der Waals surface area contributed by atoms with Crippen molar-refractivity contribution in [2.24, 2.45) is 5.92 Å². The number of hydrogen-bond acceptors (Lipinski definition) is 4. The van der Waals surface area contributed by atoms with E-state index in [1.807, 2.05) is 6.92 Å². The van der Waals surface area contributed by atoms with Crippen LogP contribution in [0.4, 0.5) is 5.69 Å². The smallest absolute Gasteiger partial charge is 0.242 e. The average Bonchev–Trinajstić information content (AvgIpc) is 3.11. The molecule has 100 valence electrons. The first-order valence-corrected chi connectivity index (χ1v) is 7.38. The fraction of sp³-hybridized carbons (Fsp3) is 0.500. The van der Waals surface area contributed by atoms with Crippen LogP contribution in [0.2, 0.25) is 0 Å². The summed E-state index contributed by atoms with van der Waals surface area (Å²) in [6.45, 7) is 1.88. The van der Waals surface area contributed by atoms with E-state index in [1.54, 1.807) is 6.07 Å².